The van der Waals surface area contributed by atoms with Crippen molar-refractivity contribution in [2.45, 2.75) is 65.3 Å². The van der Waals surface area contributed by atoms with Crippen molar-refractivity contribution < 1.29 is 9.53 Å². The first-order valence-electron chi connectivity index (χ1n) is 7.48. The van der Waals surface area contributed by atoms with Gasteiger partial charge in [0.2, 0.25) is 0 Å². The van der Waals surface area contributed by atoms with E-state index in [4.69, 9.17) is 4.74 Å². The van der Waals surface area contributed by atoms with Crippen molar-refractivity contribution in [3.8, 4) is 0 Å². The third kappa shape index (κ3) is 2.69. The lowest BCUT2D eigenvalue weighted by molar-refractivity contribution is 0.0239. The lowest BCUT2D eigenvalue weighted by Gasteiger charge is -2.24. The van der Waals surface area contributed by atoms with Crippen molar-refractivity contribution in [1.82, 2.24) is 9.47 Å². The summed E-state index contributed by atoms with van der Waals surface area (Å²) in [5, 5.41) is 0. The summed E-state index contributed by atoms with van der Waals surface area (Å²) in [4.78, 5) is 26.1. The highest BCUT2D eigenvalue weighted by Gasteiger charge is 2.35. The highest BCUT2D eigenvalue weighted by atomic mass is 16.6. The zero-order chi connectivity index (χ0) is 15.4. The number of pyridine rings is 1. The molecule has 1 aromatic rings. The predicted octanol–water partition coefficient (Wildman–Crippen LogP) is 2.74. The molecule has 0 aromatic carbocycles. The van der Waals surface area contributed by atoms with Crippen molar-refractivity contribution in [3.63, 3.8) is 0 Å². The Bertz CT molecular complexity index is 651. The summed E-state index contributed by atoms with van der Waals surface area (Å²) in [5.74, 6) is 0. The number of amides is 1. The Morgan fingerprint density at radius 3 is 2.52 bits per heavy atom. The molecular formula is C16H22N2O3. The Morgan fingerprint density at radius 2 is 1.95 bits per heavy atom. The van der Waals surface area contributed by atoms with E-state index in [1.807, 2.05) is 32.3 Å². The first-order valence-corrected chi connectivity index (χ1v) is 7.48. The maximum Gasteiger partial charge on any atom is 0.410 e. The summed E-state index contributed by atoms with van der Waals surface area (Å²) in [6, 6.07) is 2.01. The molecule has 0 spiro atoms. The molecule has 1 saturated carbocycles. The zero-order valence-corrected chi connectivity index (χ0v) is 13.1. The Labute approximate surface area is 124 Å². The molecule has 1 aliphatic heterocycles. The fourth-order valence-corrected chi connectivity index (χ4v) is 2.85. The molecule has 0 N–H and O–H groups in total. The van der Waals surface area contributed by atoms with E-state index in [-0.39, 0.29) is 11.7 Å². The maximum atomic E-state index is 12.2. The Kier molecular flexibility index (Phi) is 3.11. The second-order valence-electron chi connectivity index (χ2n) is 7.03. The Balaban J connectivity index is 1.90. The molecule has 2 aliphatic rings. The molecule has 0 saturated heterocycles. The van der Waals surface area contributed by atoms with Crippen LogP contribution in [0.3, 0.4) is 0 Å². The number of nitrogens with zero attached hydrogens (tertiary/aromatic N) is 2. The highest BCUT2D eigenvalue weighted by molar-refractivity contribution is 5.69. The Hall–Kier alpha value is -1.78. The number of carbonyl (C=O) groups is 1. The van der Waals surface area contributed by atoms with Gasteiger partial charge in [0.15, 0.2) is 0 Å². The van der Waals surface area contributed by atoms with E-state index in [1.54, 1.807) is 11.0 Å². The van der Waals surface area contributed by atoms with Crippen LogP contribution < -0.4 is 5.56 Å². The standard InChI is InChI=1S/C16H22N2O3/c1-10-7-14(19)18(11-5-6-11)13-9-17(8-12(10)13)15(20)21-16(2,3)4/h7,11H,5-6,8-9H2,1-4H3. The van der Waals surface area contributed by atoms with Crippen LogP contribution in [0, 0.1) is 6.92 Å². The second kappa shape index (κ2) is 4.61. The van der Waals surface area contributed by atoms with E-state index in [0.29, 0.717) is 19.1 Å². The average molecular weight is 290 g/mol. The normalized spacial score (nSPS) is 17.8. The van der Waals surface area contributed by atoms with Gasteiger partial charge in [0.1, 0.15) is 5.60 Å². The van der Waals surface area contributed by atoms with Crippen LogP contribution in [0.5, 0.6) is 0 Å². The van der Waals surface area contributed by atoms with Gasteiger partial charge < -0.3 is 9.30 Å². The molecule has 1 fully saturated rings. The molecule has 0 atom stereocenters. The molecule has 1 aliphatic carbocycles. The number of hydrogen-bond donors (Lipinski definition) is 0. The smallest absolute Gasteiger partial charge is 0.410 e. The zero-order valence-electron chi connectivity index (χ0n) is 13.1. The summed E-state index contributed by atoms with van der Waals surface area (Å²) in [5.41, 5.74) is 2.62. The third-order valence-corrected chi connectivity index (χ3v) is 3.95. The first kappa shape index (κ1) is 14.2. The van der Waals surface area contributed by atoms with Crippen LogP contribution >= 0.6 is 0 Å². The molecule has 2 heterocycles. The first-order chi connectivity index (χ1) is 9.76. The minimum absolute atomic E-state index is 0.0554. The van der Waals surface area contributed by atoms with Crippen molar-refractivity contribution in [2.75, 3.05) is 0 Å². The average Bonchev–Trinajstić information content (AvgIpc) is 3.04. The van der Waals surface area contributed by atoms with Gasteiger partial charge in [-0.3, -0.25) is 9.69 Å². The van der Waals surface area contributed by atoms with Gasteiger partial charge in [-0.15, -0.1) is 0 Å². The number of hydrogen-bond acceptors (Lipinski definition) is 3. The number of aromatic nitrogens is 1. The summed E-state index contributed by atoms with van der Waals surface area (Å²) >= 11 is 0. The van der Waals surface area contributed by atoms with E-state index in [9.17, 15) is 9.59 Å². The number of fused-ring (bicyclic) bond motifs is 1. The van der Waals surface area contributed by atoms with Crippen LogP contribution in [0.15, 0.2) is 10.9 Å². The number of rotatable bonds is 1. The van der Waals surface area contributed by atoms with Crippen molar-refractivity contribution in [2.24, 2.45) is 0 Å². The van der Waals surface area contributed by atoms with Gasteiger partial charge in [-0.05, 0) is 51.7 Å². The molecule has 21 heavy (non-hydrogen) atoms. The molecule has 5 nitrogen and oxygen atoms in total. The fourth-order valence-electron chi connectivity index (χ4n) is 2.85. The maximum absolute atomic E-state index is 12.2. The monoisotopic (exact) mass is 290 g/mol. The Morgan fingerprint density at radius 1 is 1.29 bits per heavy atom. The summed E-state index contributed by atoms with van der Waals surface area (Å²) in [6.07, 6.45) is 1.80. The number of carbonyl (C=O) groups excluding carboxylic acids is 1. The van der Waals surface area contributed by atoms with Gasteiger partial charge in [-0.2, -0.15) is 0 Å². The van der Waals surface area contributed by atoms with Crippen molar-refractivity contribution >= 4 is 6.09 Å². The lowest BCUT2D eigenvalue weighted by Crippen LogP contribution is -2.33. The molecule has 0 radical (unpaired) electrons. The summed E-state index contributed by atoms with van der Waals surface area (Å²) < 4.78 is 7.32. The van der Waals surface area contributed by atoms with Gasteiger partial charge in [-0.1, -0.05) is 0 Å². The molecule has 0 unspecified atom stereocenters. The second-order valence-corrected chi connectivity index (χ2v) is 7.03. The third-order valence-electron chi connectivity index (χ3n) is 3.95. The van der Waals surface area contributed by atoms with Gasteiger partial charge in [0.05, 0.1) is 13.1 Å². The SMILES string of the molecule is Cc1cc(=O)n(C2CC2)c2c1CN(C(=O)OC(C)(C)C)C2. The summed E-state index contributed by atoms with van der Waals surface area (Å²) in [6.45, 7) is 8.52. The van der Waals surface area contributed by atoms with E-state index >= 15 is 0 Å². The van der Waals surface area contributed by atoms with Gasteiger partial charge >= 0.3 is 6.09 Å². The van der Waals surface area contributed by atoms with E-state index in [1.165, 1.54) is 0 Å². The van der Waals surface area contributed by atoms with Gasteiger partial charge in [0.25, 0.3) is 5.56 Å². The molecule has 5 heteroatoms. The van der Waals surface area contributed by atoms with Gasteiger partial charge in [0, 0.05) is 17.8 Å². The van der Waals surface area contributed by atoms with E-state index < -0.39 is 5.60 Å². The molecule has 1 aromatic heterocycles. The van der Waals surface area contributed by atoms with Crippen LogP contribution in [-0.4, -0.2) is 21.2 Å². The highest BCUT2D eigenvalue weighted by Crippen LogP contribution is 2.37. The quantitative estimate of drug-likeness (QED) is 0.799. The van der Waals surface area contributed by atoms with Crippen LogP contribution in [0.1, 0.15) is 56.5 Å². The molecule has 114 valence electrons. The predicted molar refractivity (Wildman–Crippen MR) is 79.2 cm³/mol. The fraction of sp³-hybridized carbons (Fsp3) is 0.625. The molecule has 3 rings (SSSR count). The van der Waals surface area contributed by atoms with Crippen molar-refractivity contribution in [1.29, 1.82) is 0 Å². The van der Waals surface area contributed by atoms with E-state index in [0.717, 1.165) is 29.7 Å². The minimum Gasteiger partial charge on any atom is -0.444 e. The number of aryl methyl sites for hydroxylation is 1. The van der Waals surface area contributed by atoms with Crippen molar-refractivity contribution in [3.05, 3.63) is 33.2 Å². The molecular weight excluding hydrogens is 268 g/mol. The number of ether oxygens (including phenoxy) is 1. The molecule has 0 bridgehead atoms. The van der Waals surface area contributed by atoms with Gasteiger partial charge in [-0.25, -0.2) is 4.79 Å². The summed E-state index contributed by atoms with van der Waals surface area (Å²) in [7, 11) is 0. The minimum atomic E-state index is -0.503. The van der Waals surface area contributed by atoms with Crippen LogP contribution in [0.25, 0.3) is 0 Å². The van der Waals surface area contributed by atoms with Crippen LogP contribution in [-0.2, 0) is 17.8 Å². The van der Waals surface area contributed by atoms with Crippen LogP contribution in [0.2, 0.25) is 0 Å². The largest absolute Gasteiger partial charge is 0.444 e. The lowest BCUT2D eigenvalue weighted by atomic mass is 10.1. The topological polar surface area (TPSA) is 51.5 Å². The van der Waals surface area contributed by atoms with Crippen LogP contribution in [0.4, 0.5) is 4.79 Å². The molecule has 1 amide bonds. The van der Waals surface area contributed by atoms with E-state index in [2.05, 4.69) is 0 Å².